The second kappa shape index (κ2) is 6.06. The predicted molar refractivity (Wildman–Crippen MR) is 74.6 cm³/mol. The van der Waals surface area contributed by atoms with Gasteiger partial charge in [-0.1, -0.05) is 41.6 Å². The summed E-state index contributed by atoms with van der Waals surface area (Å²) in [7, 11) is 0. The number of aliphatic hydroxyl groups is 1. The summed E-state index contributed by atoms with van der Waals surface area (Å²) in [5.74, 6) is 0. The molecule has 98 valence electrons. The molecule has 0 aliphatic rings. The maximum absolute atomic E-state index is 11.0. The topological polar surface area (TPSA) is 63.4 Å². The molecule has 0 unspecified atom stereocenters. The van der Waals surface area contributed by atoms with Gasteiger partial charge in [0.25, 0.3) is 0 Å². The van der Waals surface area contributed by atoms with E-state index in [1.54, 1.807) is 36.4 Å². The summed E-state index contributed by atoms with van der Waals surface area (Å²) in [6.45, 7) is -0.0255. The molecule has 19 heavy (non-hydrogen) atoms. The van der Waals surface area contributed by atoms with Gasteiger partial charge in [0.15, 0.2) is 0 Å². The van der Waals surface area contributed by atoms with Crippen LogP contribution < -0.4 is 0 Å². The number of benzene rings is 2. The van der Waals surface area contributed by atoms with Gasteiger partial charge in [-0.25, -0.2) is 0 Å². The first-order valence-electron chi connectivity index (χ1n) is 5.42. The number of aliphatic hydroxyl groups excluding tert-OH is 1. The third kappa shape index (κ3) is 3.26. The first-order chi connectivity index (χ1) is 9.11. The molecule has 0 aliphatic heterocycles. The van der Waals surface area contributed by atoms with Crippen molar-refractivity contribution in [2.24, 2.45) is 0 Å². The Hall–Kier alpha value is -1.56. The van der Waals surface area contributed by atoms with Crippen LogP contribution in [0.5, 0.6) is 0 Å². The molecule has 0 aliphatic carbocycles. The zero-order valence-corrected chi connectivity index (χ0v) is 11.3. The molecule has 0 atom stereocenters. The molecule has 0 spiro atoms. The zero-order chi connectivity index (χ0) is 13.8. The van der Waals surface area contributed by atoms with Crippen LogP contribution in [0.2, 0.25) is 5.02 Å². The van der Waals surface area contributed by atoms with Gasteiger partial charge in [0.1, 0.15) is 5.02 Å². The van der Waals surface area contributed by atoms with Crippen LogP contribution in [-0.2, 0) is 6.61 Å². The van der Waals surface area contributed by atoms with Gasteiger partial charge in [-0.15, -0.1) is 0 Å². The van der Waals surface area contributed by atoms with E-state index >= 15 is 0 Å². The number of hydrogen-bond acceptors (Lipinski definition) is 4. The van der Waals surface area contributed by atoms with Crippen LogP contribution in [0.1, 0.15) is 5.56 Å². The normalized spacial score (nSPS) is 10.4. The van der Waals surface area contributed by atoms with Gasteiger partial charge in [0.2, 0.25) is 0 Å². The fourth-order valence-electron chi connectivity index (χ4n) is 1.54. The Kier molecular flexibility index (Phi) is 4.42. The minimum Gasteiger partial charge on any atom is -0.392 e. The lowest BCUT2D eigenvalue weighted by atomic mass is 10.2. The summed E-state index contributed by atoms with van der Waals surface area (Å²) < 4.78 is 0. The standard InChI is InChI=1S/C13H10ClNO3S/c14-11-2-1-3-12(13(11)15(17)18)19-10-6-4-9(8-16)5-7-10/h1-7,16H,8H2. The highest BCUT2D eigenvalue weighted by molar-refractivity contribution is 7.99. The average molecular weight is 296 g/mol. The van der Waals surface area contributed by atoms with E-state index in [-0.39, 0.29) is 17.3 Å². The Balaban J connectivity index is 2.32. The van der Waals surface area contributed by atoms with Crippen molar-refractivity contribution < 1.29 is 10.0 Å². The predicted octanol–water partition coefficient (Wildman–Crippen LogP) is 3.89. The Labute approximate surface area is 119 Å². The molecule has 0 aromatic heterocycles. The summed E-state index contributed by atoms with van der Waals surface area (Å²) in [6.07, 6.45) is 0. The van der Waals surface area contributed by atoms with Gasteiger partial charge in [-0.2, -0.15) is 0 Å². The molecular formula is C13H10ClNO3S. The largest absolute Gasteiger partial charge is 0.392 e. The summed E-state index contributed by atoms with van der Waals surface area (Å²) in [5, 5.41) is 20.1. The van der Waals surface area contributed by atoms with Crippen LogP contribution in [-0.4, -0.2) is 10.0 Å². The van der Waals surface area contributed by atoms with Gasteiger partial charge >= 0.3 is 5.69 Å². The molecule has 0 saturated carbocycles. The fourth-order valence-corrected chi connectivity index (χ4v) is 2.80. The number of nitro groups is 1. The van der Waals surface area contributed by atoms with Crippen molar-refractivity contribution >= 4 is 29.1 Å². The van der Waals surface area contributed by atoms with E-state index in [2.05, 4.69) is 0 Å². The van der Waals surface area contributed by atoms with Gasteiger partial charge in [0, 0.05) is 4.90 Å². The van der Waals surface area contributed by atoms with Crippen LogP contribution in [0.15, 0.2) is 52.3 Å². The minimum absolute atomic E-state index is 0.0255. The Morgan fingerprint density at radius 3 is 2.47 bits per heavy atom. The summed E-state index contributed by atoms with van der Waals surface area (Å²) in [6, 6.07) is 12.0. The number of para-hydroxylation sites is 1. The van der Waals surface area contributed by atoms with Crippen LogP contribution in [0.25, 0.3) is 0 Å². The first kappa shape index (κ1) is 13.9. The quantitative estimate of drug-likeness (QED) is 0.686. The maximum Gasteiger partial charge on any atom is 0.301 e. The Morgan fingerprint density at radius 2 is 1.89 bits per heavy atom. The monoisotopic (exact) mass is 295 g/mol. The highest BCUT2D eigenvalue weighted by atomic mass is 35.5. The van der Waals surface area contributed by atoms with Crippen molar-refractivity contribution in [1.29, 1.82) is 0 Å². The Bertz CT molecular complexity index is 601. The van der Waals surface area contributed by atoms with Crippen LogP contribution in [0, 0.1) is 10.1 Å². The SMILES string of the molecule is O=[N+]([O-])c1c(Cl)cccc1Sc1ccc(CO)cc1. The van der Waals surface area contributed by atoms with Crippen LogP contribution in [0.4, 0.5) is 5.69 Å². The molecule has 0 fully saturated rings. The van der Waals surface area contributed by atoms with Crippen molar-refractivity contribution in [3.05, 3.63) is 63.2 Å². The van der Waals surface area contributed by atoms with Gasteiger partial charge in [-0.05, 0) is 29.8 Å². The van der Waals surface area contributed by atoms with E-state index in [9.17, 15) is 10.1 Å². The number of nitrogens with zero attached hydrogens (tertiary/aromatic N) is 1. The lowest BCUT2D eigenvalue weighted by Gasteiger charge is -2.05. The van der Waals surface area contributed by atoms with Crippen molar-refractivity contribution in [2.45, 2.75) is 16.4 Å². The number of hydrogen-bond donors (Lipinski definition) is 1. The summed E-state index contributed by atoms with van der Waals surface area (Å²) >= 11 is 7.12. The number of nitro benzene ring substituents is 1. The van der Waals surface area contributed by atoms with Gasteiger partial charge in [0.05, 0.1) is 16.4 Å². The lowest BCUT2D eigenvalue weighted by Crippen LogP contribution is -1.92. The third-order valence-electron chi connectivity index (χ3n) is 2.47. The molecule has 6 heteroatoms. The van der Waals surface area contributed by atoms with Crippen molar-refractivity contribution in [2.75, 3.05) is 0 Å². The zero-order valence-electron chi connectivity index (χ0n) is 9.75. The maximum atomic E-state index is 11.0. The van der Waals surface area contributed by atoms with Crippen molar-refractivity contribution in [3.8, 4) is 0 Å². The van der Waals surface area contributed by atoms with E-state index in [0.717, 1.165) is 10.5 Å². The van der Waals surface area contributed by atoms with E-state index in [4.69, 9.17) is 16.7 Å². The molecular weight excluding hydrogens is 286 g/mol. The van der Waals surface area contributed by atoms with E-state index in [1.165, 1.54) is 17.8 Å². The first-order valence-corrected chi connectivity index (χ1v) is 6.62. The van der Waals surface area contributed by atoms with Crippen LogP contribution in [0.3, 0.4) is 0 Å². The van der Waals surface area contributed by atoms with E-state index in [1.807, 2.05) is 0 Å². The summed E-state index contributed by atoms with van der Waals surface area (Å²) in [5.41, 5.74) is 0.713. The molecule has 2 aromatic rings. The number of halogens is 1. The summed E-state index contributed by atoms with van der Waals surface area (Å²) in [4.78, 5) is 11.9. The molecule has 4 nitrogen and oxygen atoms in total. The highest BCUT2D eigenvalue weighted by Crippen LogP contribution is 2.38. The smallest absolute Gasteiger partial charge is 0.301 e. The molecule has 0 bridgehead atoms. The minimum atomic E-state index is -0.479. The van der Waals surface area contributed by atoms with Gasteiger partial charge < -0.3 is 5.11 Å². The van der Waals surface area contributed by atoms with Crippen LogP contribution >= 0.6 is 23.4 Å². The molecule has 0 saturated heterocycles. The van der Waals surface area contributed by atoms with Gasteiger partial charge in [-0.3, -0.25) is 10.1 Å². The van der Waals surface area contributed by atoms with Crippen molar-refractivity contribution in [1.82, 2.24) is 0 Å². The van der Waals surface area contributed by atoms with Crippen molar-refractivity contribution in [3.63, 3.8) is 0 Å². The Morgan fingerprint density at radius 1 is 1.21 bits per heavy atom. The molecule has 0 amide bonds. The van der Waals surface area contributed by atoms with E-state index in [0.29, 0.717) is 4.90 Å². The molecule has 1 N–H and O–H groups in total. The molecule has 2 aromatic carbocycles. The third-order valence-corrected chi connectivity index (χ3v) is 3.83. The second-order valence-electron chi connectivity index (χ2n) is 3.75. The number of rotatable bonds is 4. The second-order valence-corrected chi connectivity index (χ2v) is 5.27. The van der Waals surface area contributed by atoms with E-state index < -0.39 is 4.92 Å². The highest BCUT2D eigenvalue weighted by Gasteiger charge is 2.18. The molecule has 2 rings (SSSR count). The lowest BCUT2D eigenvalue weighted by molar-refractivity contribution is -0.387. The average Bonchev–Trinajstić information content (AvgIpc) is 2.39. The fraction of sp³-hybridized carbons (Fsp3) is 0.0769. The molecule has 0 heterocycles. The molecule has 0 radical (unpaired) electrons.